The van der Waals surface area contributed by atoms with E-state index in [-0.39, 0.29) is 17.1 Å². The lowest BCUT2D eigenvalue weighted by molar-refractivity contribution is -0.128. The van der Waals surface area contributed by atoms with Crippen molar-refractivity contribution in [2.45, 2.75) is 50.2 Å². The van der Waals surface area contributed by atoms with Crippen LogP contribution < -0.4 is 0 Å². The van der Waals surface area contributed by atoms with E-state index in [2.05, 4.69) is 4.90 Å². The van der Waals surface area contributed by atoms with Gasteiger partial charge in [0.05, 0.1) is 11.2 Å². The molecular formula is C20H27FN2O2. The van der Waals surface area contributed by atoms with Gasteiger partial charge in [-0.25, -0.2) is 4.39 Å². The molecule has 1 aromatic carbocycles. The van der Waals surface area contributed by atoms with E-state index >= 15 is 0 Å². The minimum absolute atomic E-state index is 0.0858. The highest BCUT2D eigenvalue weighted by Crippen LogP contribution is 2.37. The Morgan fingerprint density at radius 3 is 2.56 bits per heavy atom. The molecule has 0 saturated carbocycles. The largest absolute Gasteiger partial charge is 0.375 e. The van der Waals surface area contributed by atoms with E-state index in [9.17, 15) is 9.18 Å². The standard InChI is InChI=1S/C20H27FN2O2/c21-18-6-2-1-5-17(18)19(24)23-12-8-20(9-13-23)15-16(7-14-25-20)22-10-3-4-11-22/h1-2,5-6,16H,3-4,7-15H2. The average molecular weight is 346 g/mol. The highest BCUT2D eigenvalue weighted by molar-refractivity contribution is 5.94. The molecule has 1 unspecified atom stereocenters. The molecule has 136 valence electrons. The molecule has 1 spiro atoms. The predicted octanol–water partition coefficient (Wildman–Crippen LogP) is 3.08. The summed E-state index contributed by atoms with van der Waals surface area (Å²) in [4.78, 5) is 17.0. The normalized spacial score (nSPS) is 26.9. The van der Waals surface area contributed by atoms with Crippen LogP contribution in [0.5, 0.6) is 0 Å². The van der Waals surface area contributed by atoms with Gasteiger partial charge in [0.1, 0.15) is 5.82 Å². The van der Waals surface area contributed by atoms with Crippen molar-refractivity contribution in [3.63, 3.8) is 0 Å². The number of hydrogen-bond acceptors (Lipinski definition) is 3. The molecule has 3 saturated heterocycles. The minimum atomic E-state index is -0.434. The van der Waals surface area contributed by atoms with E-state index in [0.29, 0.717) is 19.1 Å². The van der Waals surface area contributed by atoms with Crippen molar-refractivity contribution in [3.8, 4) is 0 Å². The fourth-order valence-electron chi connectivity index (χ4n) is 4.69. The first-order valence-corrected chi connectivity index (χ1v) is 9.59. The van der Waals surface area contributed by atoms with Crippen LogP contribution in [0.2, 0.25) is 0 Å². The fourth-order valence-corrected chi connectivity index (χ4v) is 4.69. The molecule has 3 heterocycles. The van der Waals surface area contributed by atoms with E-state index in [0.717, 1.165) is 32.3 Å². The molecule has 4 nitrogen and oxygen atoms in total. The first-order chi connectivity index (χ1) is 12.2. The Labute approximate surface area is 148 Å². The Balaban J connectivity index is 1.39. The average Bonchev–Trinajstić information content (AvgIpc) is 3.17. The van der Waals surface area contributed by atoms with Crippen molar-refractivity contribution in [1.29, 1.82) is 0 Å². The van der Waals surface area contributed by atoms with Crippen molar-refractivity contribution >= 4 is 5.91 Å². The highest BCUT2D eigenvalue weighted by atomic mass is 19.1. The molecule has 0 radical (unpaired) electrons. The van der Waals surface area contributed by atoms with Crippen molar-refractivity contribution in [1.82, 2.24) is 9.80 Å². The maximum absolute atomic E-state index is 13.9. The molecule has 0 aliphatic carbocycles. The number of halogens is 1. The van der Waals surface area contributed by atoms with Gasteiger partial charge in [-0.1, -0.05) is 12.1 Å². The molecule has 1 amide bonds. The van der Waals surface area contributed by atoms with E-state index in [1.165, 1.54) is 32.0 Å². The molecule has 4 rings (SSSR count). The third-order valence-electron chi connectivity index (χ3n) is 6.19. The molecule has 3 aliphatic heterocycles. The Bertz CT molecular complexity index is 622. The summed E-state index contributed by atoms with van der Waals surface area (Å²) in [5, 5.41) is 0. The van der Waals surface area contributed by atoms with E-state index in [1.54, 1.807) is 23.1 Å². The third kappa shape index (κ3) is 3.44. The van der Waals surface area contributed by atoms with E-state index < -0.39 is 5.82 Å². The van der Waals surface area contributed by atoms with Crippen molar-refractivity contribution in [3.05, 3.63) is 35.6 Å². The minimum Gasteiger partial charge on any atom is -0.375 e. The first kappa shape index (κ1) is 17.0. The first-order valence-electron chi connectivity index (χ1n) is 9.59. The molecule has 0 aromatic heterocycles. The van der Waals surface area contributed by atoms with Crippen LogP contribution in [0.15, 0.2) is 24.3 Å². The molecule has 3 fully saturated rings. The number of carbonyl (C=O) groups is 1. The van der Waals surface area contributed by atoms with Crippen LogP contribution in [-0.2, 0) is 4.74 Å². The van der Waals surface area contributed by atoms with Gasteiger partial charge < -0.3 is 14.5 Å². The van der Waals surface area contributed by atoms with Crippen LogP contribution in [-0.4, -0.2) is 60.1 Å². The Morgan fingerprint density at radius 1 is 1.12 bits per heavy atom. The third-order valence-corrected chi connectivity index (χ3v) is 6.19. The lowest BCUT2D eigenvalue weighted by Crippen LogP contribution is -2.54. The number of nitrogens with zero attached hydrogens (tertiary/aromatic N) is 2. The number of rotatable bonds is 2. The molecule has 0 bridgehead atoms. The molecule has 1 aromatic rings. The number of piperidine rings is 1. The Morgan fingerprint density at radius 2 is 1.84 bits per heavy atom. The summed E-state index contributed by atoms with van der Waals surface area (Å²) in [6.07, 6.45) is 6.55. The van der Waals surface area contributed by atoms with Crippen molar-refractivity contribution < 1.29 is 13.9 Å². The second-order valence-corrected chi connectivity index (χ2v) is 7.69. The smallest absolute Gasteiger partial charge is 0.256 e. The van der Waals surface area contributed by atoms with Gasteiger partial charge in [0, 0.05) is 25.7 Å². The van der Waals surface area contributed by atoms with Crippen molar-refractivity contribution in [2.75, 3.05) is 32.8 Å². The topological polar surface area (TPSA) is 32.8 Å². The molecule has 3 aliphatic rings. The number of ether oxygens (including phenoxy) is 1. The zero-order valence-electron chi connectivity index (χ0n) is 14.8. The van der Waals surface area contributed by atoms with Gasteiger partial charge in [0.15, 0.2) is 0 Å². The highest BCUT2D eigenvalue weighted by Gasteiger charge is 2.43. The zero-order valence-corrected chi connectivity index (χ0v) is 14.8. The summed E-state index contributed by atoms with van der Waals surface area (Å²) >= 11 is 0. The molecular weight excluding hydrogens is 319 g/mol. The maximum Gasteiger partial charge on any atom is 0.256 e. The lowest BCUT2D eigenvalue weighted by Gasteiger charge is -2.48. The monoisotopic (exact) mass is 346 g/mol. The summed E-state index contributed by atoms with van der Waals surface area (Å²) in [5.41, 5.74) is 0.0929. The van der Waals surface area contributed by atoms with Gasteiger partial charge >= 0.3 is 0 Å². The molecule has 1 atom stereocenters. The van der Waals surface area contributed by atoms with Gasteiger partial charge in [-0.2, -0.15) is 0 Å². The number of carbonyl (C=O) groups excluding carboxylic acids is 1. The van der Waals surface area contributed by atoms with Crippen LogP contribution in [0.1, 0.15) is 48.9 Å². The zero-order chi connectivity index (χ0) is 17.3. The van der Waals surface area contributed by atoms with Crippen LogP contribution in [0.3, 0.4) is 0 Å². The maximum atomic E-state index is 13.9. The second kappa shape index (κ2) is 7.04. The van der Waals surface area contributed by atoms with Gasteiger partial charge in [-0.15, -0.1) is 0 Å². The quantitative estimate of drug-likeness (QED) is 0.825. The van der Waals surface area contributed by atoms with Gasteiger partial charge in [-0.05, 0) is 63.7 Å². The predicted molar refractivity (Wildman–Crippen MR) is 94.0 cm³/mol. The van der Waals surface area contributed by atoms with E-state index in [4.69, 9.17) is 4.74 Å². The SMILES string of the molecule is O=C(c1ccccc1F)N1CCC2(CC1)CC(N1CCCC1)CCO2. The number of likely N-dealkylation sites (tertiary alicyclic amines) is 2. The molecule has 5 heteroatoms. The fraction of sp³-hybridized carbons (Fsp3) is 0.650. The summed E-state index contributed by atoms with van der Waals surface area (Å²) < 4.78 is 20.1. The van der Waals surface area contributed by atoms with Crippen LogP contribution in [0.25, 0.3) is 0 Å². The van der Waals surface area contributed by atoms with Gasteiger partial charge in [0.2, 0.25) is 0 Å². The number of amides is 1. The van der Waals surface area contributed by atoms with Crippen LogP contribution in [0, 0.1) is 5.82 Å². The molecule has 25 heavy (non-hydrogen) atoms. The van der Waals surface area contributed by atoms with Crippen molar-refractivity contribution in [2.24, 2.45) is 0 Å². The Hall–Kier alpha value is -1.46. The summed E-state index contributed by atoms with van der Waals surface area (Å²) in [6, 6.07) is 6.88. The summed E-state index contributed by atoms with van der Waals surface area (Å²) in [5.74, 6) is -0.629. The van der Waals surface area contributed by atoms with Gasteiger partial charge in [-0.3, -0.25) is 4.79 Å². The van der Waals surface area contributed by atoms with Gasteiger partial charge in [0.25, 0.3) is 5.91 Å². The Kier molecular flexibility index (Phi) is 4.78. The van der Waals surface area contributed by atoms with E-state index in [1.807, 2.05) is 0 Å². The van der Waals surface area contributed by atoms with Crippen LogP contribution >= 0.6 is 0 Å². The lowest BCUT2D eigenvalue weighted by atomic mass is 9.81. The molecule has 0 N–H and O–H groups in total. The number of hydrogen-bond donors (Lipinski definition) is 0. The second-order valence-electron chi connectivity index (χ2n) is 7.69. The number of benzene rings is 1. The summed E-state index contributed by atoms with van der Waals surface area (Å²) in [7, 11) is 0. The van der Waals surface area contributed by atoms with Crippen LogP contribution in [0.4, 0.5) is 4.39 Å². The summed E-state index contributed by atoms with van der Waals surface area (Å²) in [6.45, 7) is 4.57.